The van der Waals surface area contributed by atoms with E-state index in [1.807, 2.05) is 18.2 Å². The lowest BCUT2D eigenvalue weighted by Gasteiger charge is -2.06. The molecule has 3 N–H and O–H groups in total. The normalized spacial score (nSPS) is 11.7. The molecule has 0 amide bonds. The Balaban J connectivity index is 2.52. The molecule has 0 saturated heterocycles. The lowest BCUT2D eigenvalue weighted by atomic mass is 10.1. The summed E-state index contributed by atoms with van der Waals surface area (Å²) in [4.78, 5) is 26.5. The van der Waals surface area contributed by atoms with Crippen LogP contribution in [0, 0.1) is 0 Å². The Morgan fingerprint density at radius 1 is 0.867 bits per heavy atom. The van der Waals surface area contributed by atoms with Gasteiger partial charge in [0.05, 0.1) is 0 Å². The Hall–Kier alpha value is -1.19. The van der Waals surface area contributed by atoms with E-state index >= 15 is 0 Å². The van der Waals surface area contributed by atoms with Gasteiger partial charge in [0.1, 0.15) is 0 Å². The first-order valence-corrected chi connectivity index (χ1v) is 5.87. The lowest BCUT2D eigenvalue weighted by molar-refractivity contribution is 0.239. The molecule has 2 rings (SSSR count). The monoisotopic (exact) mass is 225 g/mol. The molecule has 0 spiro atoms. The van der Waals surface area contributed by atoms with E-state index in [2.05, 4.69) is 0 Å². The summed E-state index contributed by atoms with van der Waals surface area (Å²) in [6.45, 7) is 0. The highest BCUT2D eigenvalue weighted by Gasteiger charge is 2.35. The molecule has 0 aliphatic heterocycles. The SMILES string of the molecule is O[P+](O)(O)Oc1cccc2ccccc12. The van der Waals surface area contributed by atoms with E-state index in [-0.39, 0.29) is 5.75 Å². The van der Waals surface area contributed by atoms with Crippen molar-refractivity contribution < 1.29 is 19.2 Å². The zero-order valence-electron chi connectivity index (χ0n) is 7.74. The molecule has 0 aliphatic carbocycles. The summed E-state index contributed by atoms with van der Waals surface area (Å²) in [7, 11) is -4.24. The molecule has 2 aromatic rings. The first-order valence-electron chi connectivity index (χ1n) is 4.31. The standard InChI is InChI=1S/C10H10O4P/c11-15(12,13)14-10-7-3-5-8-4-1-2-6-9(8)10/h1-7,11-13H/q+1. The maximum absolute atomic E-state index is 8.83. The third-order valence-corrected chi connectivity index (χ3v) is 2.41. The van der Waals surface area contributed by atoms with Crippen molar-refractivity contribution in [1.82, 2.24) is 0 Å². The van der Waals surface area contributed by atoms with Crippen LogP contribution >= 0.6 is 8.17 Å². The van der Waals surface area contributed by atoms with E-state index in [0.717, 1.165) is 10.8 Å². The number of benzene rings is 2. The summed E-state index contributed by atoms with van der Waals surface area (Å²) < 4.78 is 4.69. The quantitative estimate of drug-likeness (QED) is 0.682. The molecule has 0 aliphatic rings. The van der Waals surface area contributed by atoms with Crippen LogP contribution in [0.5, 0.6) is 5.75 Å². The minimum Gasteiger partial charge on any atom is -0.260 e. The van der Waals surface area contributed by atoms with Crippen LogP contribution in [0.3, 0.4) is 0 Å². The number of fused-ring (bicyclic) bond motifs is 1. The highest BCUT2D eigenvalue weighted by atomic mass is 31.2. The van der Waals surface area contributed by atoms with Gasteiger partial charge in [-0.3, -0.25) is 4.52 Å². The summed E-state index contributed by atoms with van der Waals surface area (Å²) in [5.41, 5.74) is 0. The van der Waals surface area contributed by atoms with Crippen molar-refractivity contribution >= 4 is 18.9 Å². The Bertz CT molecular complexity index is 473. The van der Waals surface area contributed by atoms with Gasteiger partial charge in [-0.1, -0.05) is 36.4 Å². The van der Waals surface area contributed by atoms with E-state index in [9.17, 15) is 0 Å². The second-order valence-corrected chi connectivity index (χ2v) is 4.29. The van der Waals surface area contributed by atoms with Crippen LogP contribution in [0.25, 0.3) is 10.8 Å². The van der Waals surface area contributed by atoms with Crippen molar-refractivity contribution in [2.24, 2.45) is 0 Å². The van der Waals surface area contributed by atoms with Crippen LogP contribution in [0.15, 0.2) is 42.5 Å². The van der Waals surface area contributed by atoms with Gasteiger partial charge in [-0.05, 0) is 11.5 Å². The average Bonchev–Trinajstić information content (AvgIpc) is 2.16. The third kappa shape index (κ3) is 2.43. The lowest BCUT2D eigenvalue weighted by Crippen LogP contribution is -1.97. The smallest absolute Gasteiger partial charge is 0.260 e. The molecule has 0 saturated carbocycles. The highest BCUT2D eigenvalue weighted by molar-refractivity contribution is 7.53. The summed E-state index contributed by atoms with van der Waals surface area (Å²) in [6, 6.07) is 12.5. The van der Waals surface area contributed by atoms with Crippen molar-refractivity contribution in [1.29, 1.82) is 0 Å². The second-order valence-electron chi connectivity index (χ2n) is 3.08. The van der Waals surface area contributed by atoms with Crippen LogP contribution < -0.4 is 4.52 Å². The molecule has 0 heterocycles. The molecule has 0 unspecified atom stereocenters. The maximum atomic E-state index is 8.83. The van der Waals surface area contributed by atoms with Crippen molar-refractivity contribution in [2.75, 3.05) is 0 Å². The Morgan fingerprint density at radius 3 is 2.27 bits per heavy atom. The largest absolute Gasteiger partial charge is 0.613 e. The Kier molecular flexibility index (Phi) is 2.59. The van der Waals surface area contributed by atoms with Crippen molar-refractivity contribution in [2.45, 2.75) is 0 Å². The van der Waals surface area contributed by atoms with E-state index in [1.165, 1.54) is 0 Å². The van der Waals surface area contributed by atoms with Crippen molar-refractivity contribution in [3.8, 4) is 5.75 Å². The second kappa shape index (κ2) is 3.76. The first kappa shape index (κ1) is 10.3. The summed E-state index contributed by atoms with van der Waals surface area (Å²) in [5, 5.41) is 1.63. The fourth-order valence-electron chi connectivity index (χ4n) is 1.41. The maximum Gasteiger partial charge on any atom is 0.613 e. The van der Waals surface area contributed by atoms with Crippen LogP contribution in [-0.2, 0) is 0 Å². The highest BCUT2D eigenvalue weighted by Crippen LogP contribution is 2.47. The van der Waals surface area contributed by atoms with Gasteiger partial charge >= 0.3 is 8.17 Å². The fraction of sp³-hybridized carbons (Fsp3) is 0. The molecule has 2 aromatic carbocycles. The molecule has 15 heavy (non-hydrogen) atoms. The minimum atomic E-state index is -4.24. The molecule has 0 radical (unpaired) electrons. The molecule has 0 fully saturated rings. The van der Waals surface area contributed by atoms with Crippen LogP contribution in [0.2, 0.25) is 0 Å². The topological polar surface area (TPSA) is 69.9 Å². The number of rotatable bonds is 2. The van der Waals surface area contributed by atoms with Crippen LogP contribution in [-0.4, -0.2) is 14.7 Å². The zero-order valence-corrected chi connectivity index (χ0v) is 8.63. The van der Waals surface area contributed by atoms with Gasteiger partial charge in [0.15, 0.2) is 5.75 Å². The molecule has 0 atom stereocenters. The molecule has 4 nitrogen and oxygen atoms in total. The predicted octanol–water partition coefficient (Wildman–Crippen LogP) is 1.87. The molecule has 5 heteroatoms. The summed E-state index contributed by atoms with van der Waals surface area (Å²) >= 11 is 0. The number of hydrogen-bond donors (Lipinski definition) is 3. The van der Waals surface area contributed by atoms with E-state index in [1.54, 1.807) is 24.3 Å². The molecule has 0 bridgehead atoms. The predicted molar refractivity (Wildman–Crippen MR) is 58.2 cm³/mol. The van der Waals surface area contributed by atoms with E-state index in [4.69, 9.17) is 19.2 Å². The van der Waals surface area contributed by atoms with Gasteiger partial charge in [0, 0.05) is 5.39 Å². The van der Waals surface area contributed by atoms with Gasteiger partial charge in [-0.15, -0.1) is 0 Å². The van der Waals surface area contributed by atoms with Gasteiger partial charge in [-0.2, -0.15) is 14.7 Å². The van der Waals surface area contributed by atoms with Crippen LogP contribution in [0.1, 0.15) is 0 Å². The van der Waals surface area contributed by atoms with Crippen molar-refractivity contribution in [3.63, 3.8) is 0 Å². The van der Waals surface area contributed by atoms with Crippen molar-refractivity contribution in [3.05, 3.63) is 42.5 Å². The molecular formula is C10H10O4P+. The Morgan fingerprint density at radius 2 is 1.53 bits per heavy atom. The van der Waals surface area contributed by atoms with Gasteiger partial charge in [0.2, 0.25) is 0 Å². The molecular weight excluding hydrogens is 215 g/mol. The summed E-state index contributed by atoms with van der Waals surface area (Å²) in [5.74, 6) is 0.258. The van der Waals surface area contributed by atoms with Crippen LogP contribution in [0.4, 0.5) is 0 Å². The minimum absolute atomic E-state index is 0.258. The Labute approximate surface area is 87.0 Å². The van der Waals surface area contributed by atoms with E-state index in [0.29, 0.717) is 0 Å². The van der Waals surface area contributed by atoms with Gasteiger partial charge < -0.3 is 0 Å². The fourth-order valence-corrected chi connectivity index (χ4v) is 1.83. The van der Waals surface area contributed by atoms with Gasteiger partial charge in [0.25, 0.3) is 0 Å². The number of hydrogen-bond acceptors (Lipinski definition) is 4. The third-order valence-electron chi connectivity index (χ3n) is 1.97. The average molecular weight is 225 g/mol. The van der Waals surface area contributed by atoms with Gasteiger partial charge in [-0.25, -0.2) is 0 Å². The first-order chi connectivity index (χ1) is 7.06. The molecule has 78 valence electrons. The zero-order chi connectivity index (χ0) is 10.9. The van der Waals surface area contributed by atoms with E-state index < -0.39 is 8.17 Å². The molecule has 0 aromatic heterocycles. The summed E-state index contributed by atoms with van der Waals surface area (Å²) in [6.07, 6.45) is 0.